The van der Waals surface area contributed by atoms with Gasteiger partial charge in [0.25, 0.3) is 0 Å². The molecule has 1 amide bonds. The summed E-state index contributed by atoms with van der Waals surface area (Å²) in [4.78, 5) is 26.6. The van der Waals surface area contributed by atoms with Crippen LogP contribution >= 0.6 is 22.6 Å². The topological polar surface area (TPSA) is 46.6 Å². The number of carbonyl (C=O) groups excluding carboxylic acids is 2. The first-order chi connectivity index (χ1) is 10.6. The predicted molar refractivity (Wildman–Crippen MR) is 94.1 cm³/mol. The van der Waals surface area contributed by atoms with Gasteiger partial charge in [-0.3, -0.25) is 9.69 Å². The fraction of sp³-hybridized carbons (Fsp3) is 0.529. The molecule has 0 radical (unpaired) electrons. The van der Waals surface area contributed by atoms with Crippen molar-refractivity contribution in [2.75, 3.05) is 13.2 Å². The first-order valence-electron chi connectivity index (χ1n) is 7.86. The summed E-state index contributed by atoms with van der Waals surface area (Å²) in [5.41, 5.74) is 0.671. The lowest BCUT2D eigenvalue weighted by atomic mass is 9.95. The summed E-state index contributed by atoms with van der Waals surface area (Å²) in [6, 6.07) is 7.13. The maximum atomic E-state index is 12.7. The lowest BCUT2D eigenvalue weighted by Crippen LogP contribution is -2.48. The molecule has 4 nitrogen and oxygen atoms in total. The van der Waals surface area contributed by atoms with Gasteiger partial charge < -0.3 is 4.74 Å². The van der Waals surface area contributed by atoms with Gasteiger partial charge in [-0.2, -0.15) is 0 Å². The Hall–Kier alpha value is -1.11. The van der Waals surface area contributed by atoms with Gasteiger partial charge in [-0.05, 0) is 60.4 Å². The van der Waals surface area contributed by atoms with Crippen LogP contribution in [-0.4, -0.2) is 36.0 Å². The number of likely N-dealkylation sites (tertiary alicyclic amines) is 1. The normalized spacial score (nSPS) is 18.1. The van der Waals surface area contributed by atoms with E-state index in [2.05, 4.69) is 29.5 Å². The highest BCUT2D eigenvalue weighted by Gasteiger charge is 2.33. The standard InChI is InChI=1S/C17H22INO3/c1-2-3-11-22-17(21)19-10-5-4-9-15(19)16(20)13-7-6-8-14(18)12-13/h6-8,12,15H,2-5,9-11H2,1H3/t15-/m0/s1. The molecule has 0 bridgehead atoms. The minimum absolute atomic E-state index is 0.0191. The van der Waals surface area contributed by atoms with Crippen molar-refractivity contribution in [3.05, 3.63) is 33.4 Å². The summed E-state index contributed by atoms with van der Waals surface area (Å²) in [7, 11) is 0. The summed E-state index contributed by atoms with van der Waals surface area (Å²) in [6.45, 7) is 3.08. The Balaban J connectivity index is 2.08. The number of hydrogen-bond acceptors (Lipinski definition) is 3. The lowest BCUT2D eigenvalue weighted by Gasteiger charge is -2.33. The van der Waals surface area contributed by atoms with Crippen LogP contribution in [0.4, 0.5) is 4.79 Å². The predicted octanol–water partition coefficient (Wildman–Crippen LogP) is 4.27. The molecule has 1 heterocycles. The van der Waals surface area contributed by atoms with Gasteiger partial charge >= 0.3 is 6.09 Å². The number of unbranched alkanes of at least 4 members (excludes halogenated alkanes) is 1. The van der Waals surface area contributed by atoms with E-state index in [0.717, 1.165) is 29.3 Å². The first kappa shape index (κ1) is 17.2. The van der Waals surface area contributed by atoms with Crippen LogP contribution in [0.15, 0.2) is 24.3 Å². The van der Waals surface area contributed by atoms with Crippen molar-refractivity contribution in [3.63, 3.8) is 0 Å². The van der Waals surface area contributed by atoms with Crippen LogP contribution in [0, 0.1) is 3.57 Å². The highest BCUT2D eigenvalue weighted by Crippen LogP contribution is 2.22. The summed E-state index contributed by atoms with van der Waals surface area (Å²) in [6.07, 6.45) is 4.11. The Morgan fingerprint density at radius 1 is 1.36 bits per heavy atom. The number of hydrogen-bond donors (Lipinski definition) is 0. The van der Waals surface area contributed by atoms with E-state index in [9.17, 15) is 9.59 Å². The zero-order valence-electron chi connectivity index (χ0n) is 12.9. The molecular formula is C17H22INO3. The largest absolute Gasteiger partial charge is 0.449 e. The zero-order chi connectivity index (χ0) is 15.9. The number of amides is 1. The number of piperidine rings is 1. The van der Waals surface area contributed by atoms with E-state index in [-0.39, 0.29) is 17.9 Å². The van der Waals surface area contributed by atoms with E-state index < -0.39 is 0 Å². The second kappa shape index (κ2) is 8.50. The molecule has 0 aliphatic carbocycles. The maximum Gasteiger partial charge on any atom is 0.410 e. The van der Waals surface area contributed by atoms with Gasteiger partial charge in [-0.15, -0.1) is 0 Å². The van der Waals surface area contributed by atoms with Crippen molar-refractivity contribution >= 4 is 34.5 Å². The Labute approximate surface area is 145 Å². The monoisotopic (exact) mass is 415 g/mol. The molecule has 1 aliphatic heterocycles. The SMILES string of the molecule is CCCCOC(=O)N1CCCC[C@H]1C(=O)c1cccc(I)c1. The Morgan fingerprint density at radius 2 is 2.18 bits per heavy atom. The molecule has 0 saturated carbocycles. The van der Waals surface area contributed by atoms with Gasteiger partial charge in [0.1, 0.15) is 0 Å². The minimum Gasteiger partial charge on any atom is -0.449 e. The molecule has 5 heteroatoms. The summed E-state index contributed by atoms with van der Waals surface area (Å²) < 4.78 is 6.32. The van der Waals surface area contributed by atoms with Crippen LogP contribution in [0.5, 0.6) is 0 Å². The zero-order valence-corrected chi connectivity index (χ0v) is 15.0. The second-order valence-corrected chi connectivity index (χ2v) is 6.79. The molecule has 1 atom stereocenters. The van der Waals surface area contributed by atoms with Crippen LogP contribution in [0.3, 0.4) is 0 Å². The molecule has 2 rings (SSSR count). The molecule has 1 aliphatic rings. The number of ether oxygens (including phenoxy) is 1. The Bertz CT molecular complexity index is 532. The molecule has 0 spiro atoms. The highest BCUT2D eigenvalue weighted by molar-refractivity contribution is 14.1. The number of benzene rings is 1. The molecule has 0 aromatic heterocycles. The highest BCUT2D eigenvalue weighted by atomic mass is 127. The van der Waals surface area contributed by atoms with E-state index in [1.807, 2.05) is 24.3 Å². The van der Waals surface area contributed by atoms with Crippen LogP contribution < -0.4 is 0 Å². The van der Waals surface area contributed by atoms with Crippen LogP contribution in [0.1, 0.15) is 49.4 Å². The van der Waals surface area contributed by atoms with Gasteiger partial charge in [0, 0.05) is 15.7 Å². The second-order valence-electron chi connectivity index (χ2n) is 5.55. The maximum absolute atomic E-state index is 12.7. The fourth-order valence-electron chi connectivity index (χ4n) is 2.64. The van der Waals surface area contributed by atoms with Crippen molar-refractivity contribution in [2.24, 2.45) is 0 Å². The van der Waals surface area contributed by atoms with Gasteiger partial charge in [0.05, 0.1) is 12.6 Å². The third-order valence-electron chi connectivity index (χ3n) is 3.87. The van der Waals surface area contributed by atoms with Crippen LogP contribution in [0.2, 0.25) is 0 Å². The third-order valence-corrected chi connectivity index (χ3v) is 4.54. The number of nitrogens with zero attached hydrogens (tertiary/aromatic N) is 1. The van der Waals surface area contributed by atoms with Gasteiger partial charge in [-0.1, -0.05) is 25.5 Å². The van der Waals surface area contributed by atoms with Gasteiger partial charge in [-0.25, -0.2) is 4.79 Å². The van der Waals surface area contributed by atoms with E-state index in [4.69, 9.17) is 4.74 Å². The molecule has 0 unspecified atom stereocenters. The summed E-state index contributed by atoms with van der Waals surface area (Å²) in [5.74, 6) is 0.0191. The van der Waals surface area contributed by atoms with E-state index >= 15 is 0 Å². The van der Waals surface area contributed by atoms with E-state index in [1.165, 1.54) is 0 Å². The van der Waals surface area contributed by atoms with Crippen molar-refractivity contribution < 1.29 is 14.3 Å². The average molecular weight is 415 g/mol. The Morgan fingerprint density at radius 3 is 2.91 bits per heavy atom. The van der Waals surface area contributed by atoms with Gasteiger partial charge in [0.15, 0.2) is 5.78 Å². The van der Waals surface area contributed by atoms with Gasteiger partial charge in [0.2, 0.25) is 0 Å². The number of halogens is 1. The summed E-state index contributed by atoms with van der Waals surface area (Å²) in [5, 5.41) is 0. The fourth-order valence-corrected chi connectivity index (χ4v) is 3.19. The average Bonchev–Trinajstić information content (AvgIpc) is 2.54. The number of ketones is 1. The molecule has 1 fully saturated rings. The first-order valence-corrected chi connectivity index (χ1v) is 8.94. The van der Waals surface area contributed by atoms with Crippen LogP contribution in [0.25, 0.3) is 0 Å². The smallest absolute Gasteiger partial charge is 0.410 e. The molecule has 0 N–H and O–H groups in total. The third kappa shape index (κ3) is 4.44. The number of carbonyl (C=O) groups is 2. The van der Waals surface area contributed by atoms with Crippen molar-refractivity contribution in [3.8, 4) is 0 Å². The van der Waals surface area contributed by atoms with Crippen LogP contribution in [-0.2, 0) is 4.74 Å². The van der Waals surface area contributed by atoms with E-state index in [0.29, 0.717) is 25.1 Å². The molecule has 1 aromatic rings. The lowest BCUT2D eigenvalue weighted by molar-refractivity contribution is 0.0587. The van der Waals surface area contributed by atoms with E-state index in [1.54, 1.807) is 4.90 Å². The number of rotatable bonds is 5. The molecule has 1 saturated heterocycles. The van der Waals surface area contributed by atoms with Crippen molar-refractivity contribution in [2.45, 2.75) is 45.1 Å². The molecule has 120 valence electrons. The summed E-state index contributed by atoms with van der Waals surface area (Å²) >= 11 is 2.19. The molecule has 1 aromatic carbocycles. The van der Waals surface area contributed by atoms with Crippen molar-refractivity contribution in [1.29, 1.82) is 0 Å². The molecular weight excluding hydrogens is 393 g/mol. The van der Waals surface area contributed by atoms with Crippen molar-refractivity contribution in [1.82, 2.24) is 4.90 Å². The quantitative estimate of drug-likeness (QED) is 0.410. The minimum atomic E-state index is -0.388. The molecule has 22 heavy (non-hydrogen) atoms. The Kier molecular flexibility index (Phi) is 6.67. The number of Topliss-reactive ketones (excluding diaryl/α,β-unsaturated/α-hetero) is 1.